The average molecular weight is 197 g/mol. The molecular formula is C12H23NO. The SMILES string of the molecule is CCCC1CCC2OCCCNC2C1. The molecule has 0 aromatic carbocycles. The first-order valence-corrected chi connectivity index (χ1v) is 6.25. The third kappa shape index (κ3) is 2.48. The van der Waals surface area contributed by atoms with Gasteiger partial charge in [-0.3, -0.25) is 0 Å². The van der Waals surface area contributed by atoms with Crippen LogP contribution in [0.1, 0.15) is 45.4 Å². The van der Waals surface area contributed by atoms with Crippen LogP contribution >= 0.6 is 0 Å². The summed E-state index contributed by atoms with van der Waals surface area (Å²) in [5.41, 5.74) is 0. The molecule has 2 heteroatoms. The van der Waals surface area contributed by atoms with Gasteiger partial charge in [-0.05, 0) is 38.1 Å². The van der Waals surface area contributed by atoms with Gasteiger partial charge < -0.3 is 10.1 Å². The molecule has 1 heterocycles. The Hall–Kier alpha value is -0.0800. The summed E-state index contributed by atoms with van der Waals surface area (Å²) in [4.78, 5) is 0. The van der Waals surface area contributed by atoms with Gasteiger partial charge in [0.15, 0.2) is 0 Å². The molecule has 3 atom stereocenters. The molecule has 0 aromatic rings. The van der Waals surface area contributed by atoms with Crippen LogP contribution in [0.15, 0.2) is 0 Å². The van der Waals surface area contributed by atoms with Gasteiger partial charge in [0.2, 0.25) is 0 Å². The van der Waals surface area contributed by atoms with Crippen LogP contribution in [0.5, 0.6) is 0 Å². The Morgan fingerprint density at radius 1 is 1.36 bits per heavy atom. The smallest absolute Gasteiger partial charge is 0.0728 e. The van der Waals surface area contributed by atoms with Gasteiger partial charge in [-0.25, -0.2) is 0 Å². The molecule has 1 N–H and O–H groups in total. The lowest BCUT2D eigenvalue weighted by molar-refractivity contribution is 0.00868. The van der Waals surface area contributed by atoms with Crippen molar-refractivity contribution < 1.29 is 4.74 Å². The van der Waals surface area contributed by atoms with Crippen LogP contribution in [0.3, 0.4) is 0 Å². The first kappa shape index (κ1) is 10.4. The van der Waals surface area contributed by atoms with Gasteiger partial charge in [-0.15, -0.1) is 0 Å². The van der Waals surface area contributed by atoms with E-state index in [9.17, 15) is 0 Å². The Bertz CT molecular complexity index is 172. The summed E-state index contributed by atoms with van der Waals surface area (Å²) in [5, 5.41) is 3.65. The van der Waals surface area contributed by atoms with Gasteiger partial charge in [0, 0.05) is 12.6 Å². The zero-order chi connectivity index (χ0) is 9.80. The molecule has 2 aliphatic rings. The largest absolute Gasteiger partial charge is 0.377 e. The van der Waals surface area contributed by atoms with Gasteiger partial charge in [0.25, 0.3) is 0 Å². The molecular weight excluding hydrogens is 174 g/mol. The van der Waals surface area contributed by atoms with Crippen molar-refractivity contribution in [3.05, 3.63) is 0 Å². The lowest BCUT2D eigenvalue weighted by atomic mass is 9.81. The molecule has 82 valence electrons. The summed E-state index contributed by atoms with van der Waals surface area (Å²) >= 11 is 0. The van der Waals surface area contributed by atoms with Gasteiger partial charge in [0.1, 0.15) is 0 Å². The molecule has 14 heavy (non-hydrogen) atoms. The summed E-state index contributed by atoms with van der Waals surface area (Å²) in [5.74, 6) is 0.954. The second kappa shape index (κ2) is 5.13. The summed E-state index contributed by atoms with van der Waals surface area (Å²) in [6, 6.07) is 0.655. The molecule has 2 rings (SSSR count). The lowest BCUT2D eigenvalue weighted by Gasteiger charge is -2.35. The second-order valence-electron chi connectivity index (χ2n) is 4.79. The van der Waals surface area contributed by atoms with Crippen LogP contribution in [0.25, 0.3) is 0 Å². The van der Waals surface area contributed by atoms with Crippen LogP contribution in [-0.4, -0.2) is 25.3 Å². The molecule has 3 unspecified atom stereocenters. The Balaban J connectivity index is 1.86. The minimum Gasteiger partial charge on any atom is -0.377 e. The predicted octanol–water partition coefficient (Wildman–Crippen LogP) is 2.33. The maximum Gasteiger partial charge on any atom is 0.0728 e. The van der Waals surface area contributed by atoms with Crippen LogP contribution < -0.4 is 5.32 Å². The minimum atomic E-state index is 0.519. The van der Waals surface area contributed by atoms with Crippen LogP contribution in [0.4, 0.5) is 0 Å². The third-order valence-electron chi connectivity index (χ3n) is 3.65. The van der Waals surface area contributed by atoms with E-state index in [2.05, 4.69) is 12.2 Å². The molecule has 0 bridgehead atoms. The van der Waals surface area contributed by atoms with Gasteiger partial charge in [-0.1, -0.05) is 19.8 Å². The Morgan fingerprint density at radius 3 is 3.14 bits per heavy atom. The van der Waals surface area contributed by atoms with Crippen molar-refractivity contribution in [2.75, 3.05) is 13.2 Å². The highest BCUT2D eigenvalue weighted by atomic mass is 16.5. The summed E-state index contributed by atoms with van der Waals surface area (Å²) < 4.78 is 5.87. The maximum atomic E-state index is 5.87. The van der Waals surface area contributed by atoms with Crippen LogP contribution in [0.2, 0.25) is 0 Å². The zero-order valence-electron chi connectivity index (χ0n) is 9.30. The predicted molar refractivity (Wildman–Crippen MR) is 58.4 cm³/mol. The fraction of sp³-hybridized carbons (Fsp3) is 1.00. The number of hydrogen-bond donors (Lipinski definition) is 1. The fourth-order valence-electron chi connectivity index (χ4n) is 2.91. The van der Waals surface area contributed by atoms with Crippen molar-refractivity contribution in [3.63, 3.8) is 0 Å². The average Bonchev–Trinajstić information content (AvgIpc) is 2.42. The molecule has 0 radical (unpaired) electrons. The summed E-state index contributed by atoms with van der Waals surface area (Å²) in [6.45, 7) is 4.41. The molecule has 0 spiro atoms. The highest BCUT2D eigenvalue weighted by Gasteiger charge is 2.31. The van der Waals surface area contributed by atoms with E-state index < -0.39 is 0 Å². The maximum absolute atomic E-state index is 5.87. The van der Waals surface area contributed by atoms with Crippen molar-refractivity contribution in [1.82, 2.24) is 5.32 Å². The van der Waals surface area contributed by atoms with Crippen LogP contribution in [-0.2, 0) is 4.74 Å². The Kier molecular flexibility index (Phi) is 3.82. The minimum absolute atomic E-state index is 0.519. The fourth-order valence-corrected chi connectivity index (χ4v) is 2.91. The van der Waals surface area contributed by atoms with Crippen molar-refractivity contribution in [2.45, 2.75) is 57.6 Å². The van der Waals surface area contributed by atoms with Gasteiger partial charge in [0.05, 0.1) is 6.10 Å². The molecule has 2 fully saturated rings. The normalized spacial score (nSPS) is 38.8. The van der Waals surface area contributed by atoms with Gasteiger partial charge >= 0.3 is 0 Å². The van der Waals surface area contributed by atoms with E-state index in [1.165, 1.54) is 38.5 Å². The first-order chi connectivity index (χ1) is 6.90. The van der Waals surface area contributed by atoms with Crippen molar-refractivity contribution >= 4 is 0 Å². The molecule has 1 saturated heterocycles. The number of fused-ring (bicyclic) bond motifs is 1. The quantitative estimate of drug-likeness (QED) is 0.733. The second-order valence-corrected chi connectivity index (χ2v) is 4.79. The zero-order valence-corrected chi connectivity index (χ0v) is 9.30. The Morgan fingerprint density at radius 2 is 2.29 bits per heavy atom. The van der Waals surface area contributed by atoms with Crippen molar-refractivity contribution in [3.8, 4) is 0 Å². The van der Waals surface area contributed by atoms with Crippen molar-refractivity contribution in [2.24, 2.45) is 5.92 Å². The van der Waals surface area contributed by atoms with E-state index in [1.54, 1.807) is 0 Å². The molecule has 0 aromatic heterocycles. The van der Waals surface area contributed by atoms with E-state index in [1.807, 2.05) is 0 Å². The molecule has 1 saturated carbocycles. The summed E-state index contributed by atoms with van der Waals surface area (Å²) in [7, 11) is 0. The molecule has 2 nitrogen and oxygen atoms in total. The standard InChI is InChI=1S/C12H23NO/c1-2-4-10-5-6-12-11(9-10)13-7-3-8-14-12/h10-13H,2-9H2,1H3. The Labute approximate surface area is 87.4 Å². The third-order valence-corrected chi connectivity index (χ3v) is 3.65. The highest BCUT2D eigenvalue weighted by molar-refractivity contribution is 4.87. The summed E-state index contributed by atoms with van der Waals surface area (Å²) in [6.07, 6.45) is 8.46. The van der Waals surface area contributed by atoms with E-state index in [0.717, 1.165) is 19.1 Å². The molecule has 0 amide bonds. The van der Waals surface area contributed by atoms with E-state index in [0.29, 0.717) is 12.1 Å². The monoisotopic (exact) mass is 197 g/mol. The number of nitrogens with one attached hydrogen (secondary N) is 1. The van der Waals surface area contributed by atoms with E-state index >= 15 is 0 Å². The highest BCUT2D eigenvalue weighted by Crippen LogP contribution is 2.30. The molecule has 1 aliphatic heterocycles. The number of hydrogen-bond acceptors (Lipinski definition) is 2. The van der Waals surface area contributed by atoms with E-state index in [4.69, 9.17) is 4.74 Å². The lowest BCUT2D eigenvalue weighted by Crippen LogP contribution is -2.44. The number of rotatable bonds is 2. The first-order valence-electron chi connectivity index (χ1n) is 6.25. The van der Waals surface area contributed by atoms with Crippen LogP contribution in [0, 0.1) is 5.92 Å². The van der Waals surface area contributed by atoms with E-state index in [-0.39, 0.29) is 0 Å². The number of ether oxygens (including phenoxy) is 1. The van der Waals surface area contributed by atoms with Crippen molar-refractivity contribution in [1.29, 1.82) is 0 Å². The van der Waals surface area contributed by atoms with Gasteiger partial charge in [-0.2, -0.15) is 0 Å². The topological polar surface area (TPSA) is 21.3 Å². The molecule has 1 aliphatic carbocycles.